The zero-order valence-corrected chi connectivity index (χ0v) is 12.1. The minimum Gasteiger partial charge on any atom is -0.443 e. The summed E-state index contributed by atoms with van der Waals surface area (Å²) < 4.78 is 5.26. The van der Waals surface area contributed by atoms with Crippen LogP contribution < -0.4 is 5.32 Å². The zero-order chi connectivity index (χ0) is 14.0. The molecule has 0 aromatic rings. The number of rotatable bonds is 2. The largest absolute Gasteiger partial charge is 0.443 e. The normalized spacial score (nSPS) is 27.9. The summed E-state index contributed by atoms with van der Waals surface area (Å²) in [6.07, 6.45) is 3.42. The van der Waals surface area contributed by atoms with Crippen molar-refractivity contribution in [3.63, 3.8) is 0 Å². The summed E-state index contributed by atoms with van der Waals surface area (Å²) in [5.74, 6) is -0.0916. The molecule has 0 aromatic heterocycles. The smallest absolute Gasteiger partial charge is 0.417 e. The average Bonchev–Trinajstić information content (AvgIpc) is 2.88. The van der Waals surface area contributed by atoms with Gasteiger partial charge in [-0.25, -0.2) is 9.69 Å². The Morgan fingerprint density at radius 1 is 1.42 bits per heavy atom. The highest BCUT2D eigenvalue weighted by atomic mass is 16.6. The number of hydrogen-bond acceptors (Lipinski definition) is 4. The van der Waals surface area contributed by atoms with Gasteiger partial charge >= 0.3 is 6.09 Å². The van der Waals surface area contributed by atoms with E-state index in [4.69, 9.17) is 4.74 Å². The molecule has 1 unspecified atom stereocenters. The molecule has 0 aromatic carbocycles. The number of hydrogen-bond donors (Lipinski definition) is 1. The molecule has 0 radical (unpaired) electrons. The predicted octanol–water partition coefficient (Wildman–Crippen LogP) is 1.91. The molecule has 2 aliphatic heterocycles. The van der Waals surface area contributed by atoms with Crippen molar-refractivity contribution < 1.29 is 14.3 Å². The molecule has 2 rings (SSSR count). The third-order valence-corrected chi connectivity index (χ3v) is 3.66. The monoisotopic (exact) mass is 268 g/mol. The molecule has 2 amide bonds. The minimum atomic E-state index is -0.553. The van der Waals surface area contributed by atoms with Crippen molar-refractivity contribution in [2.45, 2.75) is 58.1 Å². The van der Waals surface area contributed by atoms with Crippen LogP contribution in [0.3, 0.4) is 0 Å². The van der Waals surface area contributed by atoms with Crippen molar-refractivity contribution in [1.82, 2.24) is 10.2 Å². The molecule has 19 heavy (non-hydrogen) atoms. The van der Waals surface area contributed by atoms with Crippen LogP contribution in [0.1, 0.15) is 46.5 Å². The van der Waals surface area contributed by atoms with E-state index in [-0.39, 0.29) is 11.8 Å². The lowest BCUT2D eigenvalue weighted by atomic mass is 9.97. The third-order valence-electron chi connectivity index (χ3n) is 3.66. The quantitative estimate of drug-likeness (QED) is 0.831. The summed E-state index contributed by atoms with van der Waals surface area (Å²) in [7, 11) is 0. The number of nitrogens with one attached hydrogen (secondary N) is 1. The standard InChI is InChI=1S/C14H24N2O3/c1-14(2,3)19-13(18)16-8-6-10(12(16)17)9-11-5-4-7-15-11/h10-11,15H,4-9H2,1-3H3/t10-,11?/m0/s1. The Labute approximate surface area is 114 Å². The predicted molar refractivity (Wildman–Crippen MR) is 71.7 cm³/mol. The van der Waals surface area contributed by atoms with Crippen LogP contribution in [-0.2, 0) is 9.53 Å². The summed E-state index contributed by atoms with van der Waals surface area (Å²) in [4.78, 5) is 25.4. The van der Waals surface area contributed by atoms with E-state index in [1.165, 1.54) is 11.3 Å². The van der Waals surface area contributed by atoms with E-state index in [1.807, 2.05) is 20.8 Å². The van der Waals surface area contributed by atoms with E-state index in [0.717, 1.165) is 25.8 Å². The van der Waals surface area contributed by atoms with Crippen LogP contribution in [0, 0.1) is 5.92 Å². The Kier molecular flexibility index (Phi) is 4.13. The van der Waals surface area contributed by atoms with Crippen LogP contribution in [0.4, 0.5) is 4.79 Å². The molecule has 0 spiro atoms. The number of likely N-dealkylation sites (tertiary alicyclic amines) is 1. The molecular formula is C14H24N2O3. The summed E-state index contributed by atoms with van der Waals surface area (Å²) in [5.41, 5.74) is -0.553. The molecule has 5 heteroatoms. The molecule has 5 nitrogen and oxygen atoms in total. The van der Waals surface area contributed by atoms with E-state index in [0.29, 0.717) is 12.6 Å². The average molecular weight is 268 g/mol. The summed E-state index contributed by atoms with van der Waals surface area (Å²) in [6, 6.07) is 0.438. The molecule has 2 heterocycles. The van der Waals surface area contributed by atoms with Crippen molar-refractivity contribution in [2.24, 2.45) is 5.92 Å². The first kappa shape index (κ1) is 14.3. The lowest BCUT2D eigenvalue weighted by molar-refractivity contribution is -0.130. The molecule has 2 atom stereocenters. The van der Waals surface area contributed by atoms with Gasteiger partial charge in [0.2, 0.25) is 5.91 Å². The fourth-order valence-electron chi connectivity index (χ4n) is 2.76. The van der Waals surface area contributed by atoms with E-state index in [1.54, 1.807) is 0 Å². The van der Waals surface area contributed by atoms with Crippen LogP contribution in [0.15, 0.2) is 0 Å². The molecule has 0 bridgehead atoms. The Bertz CT molecular complexity index is 356. The maximum absolute atomic E-state index is 12.2. The van der Waals surface area contributed by atoms with Crippen molar-refractivity contribution in [2.75, 3.05) is 13.1 Å². The number of nitrogens with zero attached hydrogens (tertiary/aromatic N) is 1. The number of carbonyl (C=O) groups is 2. The van der Waals surface area contributed by atoms with Crippen LogP contribution in [-0.4, -0.2) is 41.6 Å². The van der Waals surface area contributed by atoms with Crippen LogP contribution in [0.25, 0.3) is 0 Å². The minimum absolute atomic E-state index is 0.0249. The first-order valence-corrected chi connectivity index (χ1v) is 7.14. The van der Waals surface area contributed by atoms with Gasteiger partial charge in [-0.2, -0.15) is 0 Å². The molecule has 1 N–H and O–H groups in total. The van der Waals surface area contributed by atoms with E-state index in [2.05, 4.69) is 5.32 Å². The van der Waals surface area contributed by atoms with Gasteiger partial charge in [-0.15, -0.1) is 0 Å². The third kappa shape index (κ3) is 3.69. The van der Waals surface area contributed by atoms with Crippen molar-refractivity contribution in [1.29, 1.82) is 0 Å². The molecule has 2 saturated heterocycles. The maximum Gasteiger partial charge on any atom is 0.417 e. The van der Waals surface area contributed by atoms with Crippen LogP contribution in [0.5, 0.6) is 0 Å². The lowest BCUT2D eigenvalue weighted by Gasteiger charge is -2.23. The van der Waals surface area contributed by atoms with Gasteiger partial charge in [-0.3, -0.25) is 4.79 Å². The first-order chi connectivity index (χ1) is 8.87. The Morgan fingerprint density at radius 3 is 2.74 bits per heavy atom. The van der Waals surface area contributed by atoms with E-state index < -0.39 is 11.7 Å². The van der Waals surface area contributed by atoms with Crippen LogP contribution in [0.2, 0.25) is 0 Å². The van der Waals surface area contributed by atoms with Gasteiger partial charge in [0, 0.05) is 18.5 Å². The molecule has 2 aliphatic rings. The molecular weight excluding hydrogens is 244 g/mol. The highest BCUT2D eigenvalue weighted by Gasteiger charge is 2.38. The zero-order valence-electron chi connectivity index (χ0n) is 12.1. The fourth-order valence-corrected chi connectivity index (χ4v) is 2.76. The number of imide groups is 1. The molecule has 108 valence electrons. The van der Waals surface area contributed by atoms with Gasteiger partial charge < -0.3 is 10.1 Å². The number of ether oxygens (including phenoxy) is 1. The van der Waals surface area contributed by atoms with Gasteiger partial charge in [-0.05, 0) is 53.0 Å². The number of carbonyl (C=O) groups excluding carboxylic acids is 2. The summed E-state index contributed by atoms with van der Waals surface area (Å²) >= 11 is 0. The SMILES string of the molecule is CC(C)(C)OC(=O)N1CC[C@@H](CC2CCCN2)C1=O. The topological polar surface area (TPSA) is 58.6 Å². The van der Waals surface area contributed by atoms with Gasteiger partial charge in [0.15, 0.2) is 0 Å². The molecule has 0 saturated carbocycles. The Hall–Kier alpha value is -1.10. The molecule has 0 aliphatic carbocycles. The van der Waals surface area contributed by atoms with Crippen LogP contribution >= 0.6 is 0 Å². The van der Waals surface area contributed by atoms with Gasteiger partial charge in [0.05, 0.1) is 0 Å². The summed E-state index contributed by atoms with van der Waals surface area (Å²) in [5, 5.41) is 3.40. The highest BCUT2D eigenvalue weighted by molar-refractivity contribution is 5.95. The van der Waals surface area contributed by atoms with E-state index in [9.17, 15) is 9.59 Å². The van der Waals surface area contributed by atoms with Crippen molar-refractivity contribution in [3.05, 3.63) is 0 Å². The second-order valence-electron chi connectivity index (χ2n) is 6.48. The van der Waals surface area contributed by atoms with Gasteiger partial charge in [-0.1, -0.05) is 0 Å². The summed E-state index contributed by atoms with van der Waals surface area (Å²) in [6.45, 7) is 6.97. The van der Waals surface area contributed by atoms with Crippen molar-refractivity contribution >= 4 is 12.0 Å². The molecule has 2 fully saturated rings. The van der Waals surface area contributed by atoms with Gasteiger partial charge in [0.1, 0.15) is 5.60 Å². The Morgan fingerprint density at radius 2 is 2.16 bits per heavy atom. The maximum atomic E-state index is 12.2. The number of amides is 2. The fraction of sp³-hybridized carbons (Fsp3) is 0.857. The first-order valence-electron chi connectivity index (χ1n) is 7.14. The Balaban J connectivity index is 1.88. The van der Waals surface area contributed by atoms with Gasteiger partial charge in [0.25, 0.3) is 0 Å². The second-order valence-corrected chi connectivity index (χ2v) is 6.48. The highest BCUT2D eigenvalue weighted by Crippen LogP contribution is 2.26. The second kappa shape index (κ2) is 5.49. The lowest BCUT2D eigenvalue weighted by Crippen LogP contribution is -2.39. The van der Waals surface area contributed by atoms with E-state index >= 15 is 0 Å². The van der Waals surface area contributed by atoms with Crippen molar-refractivity contribution in [3.8, 4) is 0 Å².